The van der Waals surface area contributed by atoms with E-state index in [9.17, 15) is 9.59 Å². The van der Waals surface area contributed by atoms with Crippen molar-refractivity contribution in [1.82, 2.24) is 10.3 Å². The number of halogens is 2. The Hall–Kier alpha value is -2.30. The molecule has 0 fully saturated rings. The molecule has 0 spiro atoms. The molecule has 4 nitrogen and oxygen atoms in total. The molecule has 6 heteroatoms. The zero-order chi connectivity index (χ0) is 16.4. The molecule has 116 valence electrons. The summed E-state index contributed by atoms with van der Waals surface area (Å²) in [6.07, 6.45) is 1.42. The lowest BCUT2D eigenvalue weighted by Crippen LogP contribution is -2.28. The van der Waals surface area contributed by atoms with Crippen molar-refractivity contribution in [1.29, 1.82) is 0 Å². The molecule has 23 heavy (non-hydrogen) atoms. The van der Waals surface area contributed by atoms with Gasteiger partial charge in [-0.2, -0.15) is 0 Å². The van der Waals surface area contributed by atoms with Gasteiger partial charge in [-0.3, -0.25) is 9.59 Å². The molecule has 0 bridgehead atoms. The molecule has 0 atom stereocenters. The van der Waals surface area contributed by atoms with Gasteiger partial charge in [-0.15, -0.1) is 0 Å². The molecule has 1 heterocycles. The molecule has 3 aromatic rings. The van der Waals surface area contributed by atoms with E-state index in [1.807, 2.05) is 6.07 Å². The van der Waals surface area contributed by atoms with Gasteiger partial charge in [0.1, 0.15) is 5.56 Å². The smallest absolute Gasteiger partial charge is 0.257 e. The Labute approximate surface area is 142 Å². The van der Waals surface area contributed by atoms with Crippen molar-refractivity contribution in [2.45, 2.75) is 6.54 Å². The molecule has 0 aliphatic heterocycles. The van der Waals surface area contributed by atoms with Crippen LogP contribution in [0.3, 0.4) is 0 Å². The van der Waals surface area contributed by atoms with Gasteiger partial charge in [-0.25, -0.2) is 0 Å². The van der Waals surface area contributed by atoms with Gasteiger partial charge in [0.2, 0.25) is 5.43 Å². The highest BCUT2D eigenvalue weighted by atomic mass is 35.5. The average Bonchev–Trinajstić information content (AvgIpc) is 2.54. The Morgan fingerprint density at radius 3 is 2.70 bits per heavy atom. The maximum Gasteiger partial charge on any atom is 0.257 e. The molecule has 2 aromatic carbocycles. The second kappa shape index (κ2) is 6.44. The normalized spacial score (nSPS) is 10.7. The quantitative estimate of drug-likeness (QED) is 0.758. The lowest BCUT2D eigenvalue weighted by atomic mass is 10.1. The fourth-order valence-corrected chi connectivity index (χ4v) is 2.75. The highest BCUT2D eigenvalue weighted by Gasteiger charge is 2.13. The third kappa shape index (κ3) is 3.23. The maximum absolute atomic E-state index is 12.4. The lowest BCUT2D eigenvalue weighted by Gasteiger charge is -2.08. The Morgan fingerprint density at radius 2 is 1.91 bits per heavy atom. The minimum Gasteiger partial charge on any atom is -0.360 e. The Bertz CT molecular complexity index is 951. The molecule has 2 N–H and O–H groups in total. The van der Waals surface area contributed by atoms with Gasteiger partial charge in [-0.05, 0) is 29.8 Å². The summed E-state index contributed by atoms with van der Waals surface area (Å²) in [5.74, 6) is -0.456. The number of carbonyl (C=O) groups excluding carboxylic acids is 1. The maximum atomic E-state index is 12.4. The van der Waals surface area contributed by atoms with E-state index in [1.54, 1.807) is 36.4 Å². The van der Waals surface area contributed by atoms with Crippen LogP contribution in [0.4, 0.5) is 0 Å². The highest BCUT2D eigenvalue weighted by Crippen LogP contribution is 2.20. The SMILES string of the molecule is O=C(NCc1ccc(Cl)cc1Cl)c1c[nH]c2ccccc2c1=O. The number of aromatic amines is 1. The van der Waals surface area contributed by atoms with Crippen LogP contribution in [0.5, 0.6) is 0 Å². The second-order valence-corrected chi connectivity index (χ2v) is 5.84. The summed E-state index contributed by atoms with van der Waals surface area (Å²) in [6.45, 7) is 0.209. The predicted octanol–water partition coefficient (Wildman–Crippen LogP) is 3.76. The van der Waals surface area contributed by atoms with Crippen LogP contribution in [0.15, 0.2) is 53.5 Å². The van der Waals surface area contributed by atoms with Crippen LogP contribution in [0, 0.1) is 0 Å². The first-order valence-corrected chi connectivity index (χ1v) is 7.64. The molecule has 1 amide bonds. The van der Waals surface area contributed by atoms with Crippen molar-refractivity contribution >= 4 is 40.0 Å². The molecule has 0 saturated carbocycles. The minimum atomic E-state index is -0.456. The average molecular weight is 347 g/mol. The summed E-state index contributed by atoms with van der Waals surface area (Å²) >= 11 is 11.9. The Kier molecular flexibility index (Phi) is 4.37. The lowest BCUT2D eigenvalue weighted by molar-refractivity contribution is 0.0949. The number of fused-ring (bicyclic) bond motifs is 1. The van der Waals surface area contributed by atoms with E-state index in [0.29, 0.717) is 20.9 Å². The fraction of sp³-hybridized carbons (Fsp3) is 0.0588. The molecule has 1 aromatic heterocycles. The summed E-state index contributed by atoms with van der Waals surface area (Å²) in [5.41, 5.74) is 1.17. The second-order valence-electron chi connectivity index (χ2n) is 5.00. The van der Waals surface area contributed by atoms with E-state index in [1.165, 1.54) is 6.20 Å². The number of amides is 1. The molecular weight excluding hydrogens is 335 g/mol. The third-order valence-electron chi connectivity index (χ3n) is 3.49. The van der Waals surface area contributed by atoms with Crippen LogP contribution >= 0.6 is 23.2 Å². The largest absolute Gasteiger partial charge is 0.360 e. The zero-order valence-electron chi connectivity index (χ0n) is 11.9. The minimum absolute atomic E-state index is 0.0637. The zero-order valence-corrected chi connectivity index (χ0v) is 13.4. The van der Waals surface area contributed by atoms with Gasteiger partial charge in [0, 0.05) is 33.7 Å². The number of hydrogen-bond donors (Lipinski definition) is 2. The molecular formula is C17H12Cl2N2O2. The van der Waals surface area contributed by atoms with Crippen molar-refractivity contribution in [3.63, 3.8) is 0 Å². The van der Waals surface area contributed by atoms with Crippen LogP contribution in [-0.4, -0.2) is 10.9 Å². The molecule has 3 rings (SSSR count). The summed E-state index contributed by atoms with van der Waals surface area (Å²) in [6, 6.07) is 12.1. The van der Waals surface area contributed by atoms with Gasteiger partial charge < -0.3 is 10.3 Å². The number of H-pyrrole nitrogens is 1. The monoisotopic (exact) mass is 346 g/mol. The van der Waals surface area contributed by atoms with E-state index in [0.717, 1.165) is 5.56 Å². The van der Waals surface area contributed by atoms with E-state index in [4.69, 9.17) is 23.2 Å². The number of benzene rings is 2. The molecule has 0 aliphatic rings. The fourth-order valence-electron chi connectivity index (χ4n) is 2.27. The van der Waals surface area contributed by atoms with Crippen LogP contribution in [0.25, 0.3) is 10.9 Å². The summed E-state index contributed by atoms with van der Waals surface area (Å²) in [7, 11) is 0. The van der Waals surface area contributed by atoms with E-state index >= 15 is 0 Å². The number of rotatable bonds is 3. The van der Waals surface area contributed by atoms with E-state index < -0.39 is 5.91 Å². The molecule has 0 unspecified atom stereocenters. The third-order valence-corrected chi connectivity index (χ3v) is 4.07. The van der Waals surface area contributed by atoms with Gasteiger partial charge in [0.15, 0.2) is 0 Å². The van der Waals surface area contributed by atoms with Crippen LogP contribution in [0.2, 0.25) is 10.0 Å². The van der Waals surface area contributed by atoms with E-state index in [2.05, 4.69) is 10.3 Å². The van der Waals surface area contributed by atoms with Crippen molar-refractivity contribution in [2.75, 3.05) is 0 Å². The Balaban J connectivity index is 1.84. The molecule has 0 aliphatic carbocycles. The van der Waals surface area contributed by atoms with Crippen molar-refractivity contribution in [2.24, 2.45) is 0 Å². The van der Waals surface area contributed by atoms with Gasteiger partial charge >= 0.3 is 0 Å². The first kappa shape index (κ1) is 15.6. The van der Waals surface area contributed by atoms with Crippen LogP contribution in [-0.2, 0) is 6.54 Å². The topological polar surface area (TPSA) is 62.0 Å². The molecule has 0 radical (unpaired) electrons. The number of carbonyl (C=O) groups is 1. The standard InChI is InChI=1S/C17H12Cl2N2O2/c18-11-6-5-10(14(19)7-11)8-21-17(23)13-9-20-15-4-2-1-3-12(15)16(13)22/h1-7,9H,8H2,(H,20,22)(H,21,23). The first-order chi connectivity index (χ1) is 11.1. The highest BCUT2D eigenvalue weighted by molar-refractivity contribution is 6.35. The van der Waals surface area contributed by atoms with Crippen LogP contribution < -0.4 is 10.7 Å². The van der Waals surface area contributed by atoms with Crippen molar-refractivity contribution in [3.05, 3.63) is 80.1 Å². The van der Waals surface area contributed by atoms with Gasteiger partial charge in [-0.1, -0.05) is 41.4 Å². The molecule has 0 saturated heterocycles. The van der Waals surface area contributed by atoms with Gasteiger partial charge in [0.25, 0.3) is 5.91 Å². The van der Waals surface area contributed by atoms with Crippen molar-refractivity contribution < 1.29 is 4.79 Å². The van der Waals surface area contributed by atoms with Crippen molar-refractivity contribution in [3.8, 4) is 0 Å². The number of nitrogens with one attached hydrogen (secondary N) is 2. The first-order valence-electron chi connectivity index (χ1n) is 6.89. The summed E-state index contributed by atoms with van der Waals surface area (Å²) in [4.78, 5) is 27.6. The number of pyridine rings is 1. The number of hydrogen-bond acceptors (Lipinski definition) is 2. The van der Waals surface area contributed by atoms with Crippen LogP contribution in [0.1, 0.15) is 15.9 Å². The summed E-state index contributed by atoms with van der Waals surface area (Å²) < 4.78 is 0. The predicted molar refractivity (Wildman–Crippen MR) is 92.2 cm³/mol. The van der Waals surface area contributed by atoms with Gasteiger partial charge in [0.05, 0.1) is 0 Å². The summed E-state index contributed by atoms with van der Waals surface area (Å²) in [5, 5.41) is 4.16. The Morgan fingerprint density at radius 1 is 1.13 bits per heavy atom. The van der Waals surface area contributed by atoms with E-state index in [-0.39, 0.29) is 17.5 Å². The number of para-hydroxylation sites is 1. The number of aromatic nitrogens is 1.